The third-order valence-corrected chi connectivity index (χ3v) is 5.04. The van der Waals surface area contributed by atoms with Gasteiger partial charge in [0.15, 0.2) is 0 Å². The Kier molecular flexibility index (Phi) is 16.2. The summed E-state index contributed by atoms with van der Waals surface area (Å²) in [7, 11) is -2.29. The smallest absolute Gasteiger partial charge is 0.273 e. The number of carbonyl (C=O) groups is 2. The van der Waals surface area contributed by atoms with Gasteiger partial charge in [-0.2, -0.15) is 0 Å². The van der Waals surface area contributed by atoms with Crippen LogP contribution < -0.4 is 21.3 Å². The molecule has 0 aliphatic rings. The molecule has 0 spiro atoms. The number of primary sulfonamides is 1. The molecule has 2 aromatic carbocycles. The fraction of sp³-hybridized carbons (Fsp3) is 0.227. The van der Waals surface area contributed by atoms with Crippen LogP contribution in [0.3, 0.4) is 0 Å². The number of methoxy groups -OCH3 is 1. The molecule has 0 saturated heterocycles. The summed E-state index contributed by atoms with van der Waals surface area (Å²) in [5, 5.41) is 8.35. The summed E-state index contributed by atoms with van der Waals surface area (Å²) in [6, 6.07) is 14.0. The lowest BCUT2D eigenvalue weighted by molar-refractivity contribution is 0.266. The molecular formula is C22H32N4O7S3. The summed E-state index contributed by atoms with van der Waals surface area (Å²) >= 11 is 6.21. The van der Waals surface area contributed by atoms with Crippen molar-refractivity contribution in [2.45, 2.75) is 32.1 Å². The summed E-state index contributed by atoms with van der Waals surface area (Å²) in [5.74, 6) is 1.35. The number of rotatable bonds is 6. The molecule has 11 nitrogen and oxygen atoms in total. The van der Waals surface area contributed by atoms with E-state index in [2.05, 4.69) is 41.9 Å². The molecule has 0 unspecified atom stereocenters. The van der Waals surface area contributed by atoms with Gasteiger partial charge in [0.25, 0.3) is 10.5 Å². The number of thiol groups is 2. The maximum Gasteiger partial charge on any atom is 0.273 e. The summed E-state index contributed by atoms with van der Waals surface area (Å²) in [6.45, 7) is 2.02. The number of aryl methyl sites for hydroxylation is 1. The first kappa shape index (κ1) is 35.1. The average Bonchev–Trinajstić information content (AvgIpc) is 3.16. The molecule has 8 N–H and O–H groups in total. The number of nitrogens with zero attached hydrogens (tertiary/aromatic N) is 1. The minimum atomic E-state index is -3.89. The standard InChI is InChI=1S/C19H20N2O4S.2CH3NOS.CH4.H2O/c1-3-6-16-18(15-7-4-5-8-17(15)26(20,22)23)19(21-25-16)13-9-11-14(24-2)12-10-13;2*2-1(3)4;;/h4-5,7-12H,3,6H2,1-2H3,(H2,20,22,23);2*(H3,2,3,4);1H4;1H2. The van der Waals surface area contributed by atoms with Gasteiger partial charge in [-0.1, -0.05) is 63.0 Å². The summed E-state index contributed by atoms with van der Waals surface area (Å²) in [6.07, 6.45) is 1.47. The fourth-order valence-electron chi connectivity index (χ4n) is 2.87. The number of carbonyl (C=O) groups excluding carboxylic acids is 2. The van der Waals surface area contributed by atoms with Gasteiger partial charge in [0.05, 0.1) is 17.6 Å². The van der Waals surface area contributed by atoms with Gasteiger partial charge in [-0.15, -0.1) is 0 Å². The van der Waals surface area contributed by atoms with Crippen LogP contribution in [0.2, 0.25) is 0 Å². The number of primary amides is 2. The van der Waals surface area contributed by atoms with Crippen molar-refractivity contribution in [1.29, 1.82) is 0 Å². The first-order valence-electron chi connectivity index (χ1n) is 9.64. The van der Waals surface area contributed by atoms with E-state index in [1.165, 1.54) is 6.07 Å². The van der Waals surface area contributed by atoms with Gasteiger partial charge >= 0.3 is 0 Å². The Morgan fingerprint density at radius 3 is 1.97 bits per heavy atom. The number of sulfonamides is 1. The summed E-state index contributed by atoms with van der Waals surface area (Å²) in [5.41, 5.74) is 11.2. The van der Waals surface area contributed by atoms with E-state index in [1.54, 1.807) is 25.3 Å². The van der Waals surface area contributed by atoms with E-state index in [0.717, 1.165) is 17.7 Å². The van der Waals surface area contributed by atoms with E-state index in [1.807, 2.05) is 31.2 Å². The number of hydrogen-bond acceptors (Lipinski definition) is 7. The predicted molar refractivity (Wildman–Crippen MR) is 147 cm³/mol. The molecule has 0 aliphatic carbocycles. The molecule has 1 heterocycles. The van der Waals surface area contributed by atoms with Crippen LogP contribution in [-0.4, -0.2) is 36.6 Å². The topological polar surface area (TPSA) is 213 Å². The van der Waals surface area contributed by atoms with Crippen molar-refractivity contribution in [1.82, 2.24) is 5.16 Å². The van der Waals surface area contributed by atoms with Crippen molar-refractivity contribution in [3.8, 4) is 28.1 Å². The summed E-state index contributed by atoms with van der Waals surface area (Å²) in [4.78, 5) is 18.2. The Morgan fingerprint density at radius 1 is 1.03 bits per heavy atom. The van der Waals surface area contributed by atoms with E-state index < -0.39 is 20.5 Å². The highest BCUT2D eigenvalue weighted by molar-refractivity contribution is 7.96. The highest BCUT2D eigenvalue weighted by atomic mass is 32.2. The second kappa shape index (κ2) is 16.6. The van der Waals surface area contributed by atoms with E-state index in [4.69, 9.17) is 24.0 Å². The van der Waals surface area contributed by atoms with E-state index in [-0.39, 0.29) is 17.8 Å². The van der Waals surface area contributed by atoms with Gasteiger partial charge in [0, 0.05) is 17.5 Å². The van der Waals surface area contributed by atoms with Crippen LogP contribution in [0, 0.1) is 0 Å². The molecule has 3 rings (SSSR count). The van der Waals surface area contributed by atoms with E-state index >= 15 is 0 Å². The molecule has 0 bridgehead atoms. The lowest BCUT2D eigenvalue weighted by atomic mass is 9.97. The first-order chi connectivity index (χ1) is 15.9. The lowest BCUT2D eigenvalue weighted by Crippen LogP contribution is -2.13. The Balaban J connectivity index is 0. The molecule has 0 saturated carbocycles. The quantitative estimate of drug-likeness (QED) is 0.283. The zero-order chi connectivity index (χ0) is 25.9. The van der Waals surface area contributed by atoms with Gasteiger partial charge < -0.3 is 26.2 Å². The Hall–Kier alpha value is -3.04. The van der Waals surface area contributed by atoms with Crippen LogP contribution >= 0.6 is 25.3 Å². The highest BCUT2D eigenvalue weighted by Crippen LogP contribution is 2.38. The monoisotopic (exact) mass is 560 g/mol. The maximum atomic E-state index is 12.1. The van der Waals surface area contributed by atoms with Crippen LogP contribution in [-0.2, 0) is 16.4 Å². The molecule has 0 radical (unpaired) electrons. The highest BCUT2D eigenvalue weighted by Gasteiger charge is 2.24. The average molecular weight is 561 g/mol. The van der Waals surface area contributed by atoms with E-state index in [9.17, 15) is 8.42 Å². The van der Waals surface area contributed by atoms with Crippen LogP contribution in [0.15, 0.2) is 57.9 Å². The van der Waals surface area contributed by atoms with Crippen molar-refractivity contribution in [2.24, 2.45) is 16.6 Å². The van der Waals surface area contributed by atoms with Crippen molar-refractivity contribution in [3.63, 3.8) is 0 Å². The molecule has 1 aromatic heterocycles. The zero-order valence-electron chi connectivity index (χ0n) is 19.0. The van der Waals surface area contributed by atoms with Crippen LogP contribution in [0.4, 0.5) is 9.59 Å². The SMILES string of the molecule is C.CCCc1onc(-c2ccc(OC)cc2)c1-c1ccccc1S(N)(=O)=O.NC(=O)S.NC(=O)S.O. The van der Waals surface area contributed by atoms with Gasteiger partial charge in [0.1, 0.15) is 17.2 Å². The van der Waals surface area contributed by atoms with Gasteiger partial charge in [-0.05, 0) is 36.8 Å². The zero-order valence-corrected chi connectivity index (χ0v) is 21.6. The van der Waals surface area contributed by atoms with Crippen LogP contribution in [0.25, 0.3) is 22.4 Å². The second-order valence-corrected chi connectivity index (χ2v) is 8.94. The molecule has 0 fully saturated rings. The largest absolute Gasteiger partial charge is 0.497 e. The first-order valence-corrected chi connectivity index (χ1v) is 12.1. The minimum Gasteiger partial charge on any atom is -0.497 e. The lowest BCUT2D eigenvalue weighted by Gasteiger charge is -2.09. The van der Waals surface area contributed by atoms with Crippen molar-refractivity contribution >= 4 is 45.8 Å². The third-order valence-electron chi connectivity index (χ3n) is 4.07. The minimum absolute atomic E-state index is 0. The molecule has 200 valence electrons. The number of amides is 2. The molecule has 2 amide bonds. The van der Waals surface area contributed by atoms with Gasteiger partial charge in [-0.25, -0.2) is 13.6 Å². The van der Waals surface area contributed by atoms with Crippen LogP contribution in [0.5, 0.6) is 5.75 Å². The molecule has 0 atom stereocenters. The number of ether oxygens (including phenoxy) is 1. The van der Waals surface area contributed by atoms with Crippen molar-refractivity contribution in [2.75, 3.05) is 7.11 Å². The van der Waals surface area contributed by atoms with Crippen molar-refractivity contribution in [3.05, 3.63) is 54.3 Å². The van der Waals surface area contributed by atoms with E-state index in [0.29, 0.717) is 29.0 Å². The Bertz CT molecular complexity index is 1190. The number of benzene rings is 2. The number of hydrogen-bond donors (Lipinski definition) is 5. The van der Waals surface area contributed by atoms with Gasteiger partial charge in [0.2, 0.25) is 10.0 Å². The third kappa shape index (κ3) is 11.1. The van der Waals surface area contributed by atoms with Crippen LogP contribution in [0.1, 0.15) is 26.5 Å². The maximum absolute atomic E-state index is 12.1. The molecule has 0 aliphatic heterocycles. The Morgan fingerprint density at radius 2 is 1.53 bits per heavy atom. The molecule has 14 heteroatoms. The number of nitrogens with two attached hydrogens (primary N) is 3. The van der Waals surface area contributed by atoms with Crippen molar-refractivity contribution < 1.29 is 32.7 Å². The Labute approximate surface area is 221 Å². The number of aromatic nitrogens is 1. The molecule has 3 aromatic rings. The second-order valence-electron chi connectivity index (χ2n) is 6.53. The molecule has 36 heavy (non-hydrogen) atoms. The fourth-order valence-corrected chi connectivity index (χ4v) is 3.61. The summed E-state index contributed by atoms with van der Waals surface area (Å²) < 4.78 is 34.9. The van der Waals surface area contributed by atoms with Gasteiger partial charge in [-0.3, -0.25) is 9.59 Å². The molecular weight excluding hydrogens is 528 g/mol. The normalized spacial score (nSPS) is 9.69. The predicted octanol–water partition coefficient (Wildman–Crippen LogP) is 3.42.